The summed E-state index contributed by atoms with van der Waals surface area (Å²) in [6.45, 7) is 6.40. The van der Waals surface area contributed by atoms with Crippen molar-refractivity contribution in [1.82, 2.24) is 5.32 Å². The van der Waals surface area contributed by atoms with Crippen LogP contribution in [0.1, 0.15) is 33.6 Å². The van der Waals surface area contributed by atoms with E-state index < -0.39 is 0 Å². The maximum Gasteiger partial charge on any atom is 0.233 e. The molecule has 0 spiro atoms. The van der Waals surface area contributed by atoms with E-state index in [1.807, 2.05) is 6.92 Å². The first kappa shape index (κ1) is 11.4. The van der Waals surface area contributed by atoms with Gasteiger partial charge in [0.1, 0.15) is 0 Å². The van der Waals surface area contributed by atoms with Gasteiger partial charge in [-0.05, 0) is 12.8 Å². The van der Waals surface area contributed by atoms with Crippen LogP contribution in [0.2, 0.25) is 0 Å². The first-order valence-electron chi connectivity index (χ1n) is 4.65. The minimum absolute atomic E-state index is 0.0607. The highest BCUT2D eigenvalue weighted by Crippen LogP contribution is 2.11. The highest BCUT2D eigenvalue weighted by atomic mass is 16.1. The van der Waals surface area contributed by atoms with Gasteiger partial charge in [0, 0.05) is 6.04 Å². The quantitative estimate of drug-likeness (QED) is 0.647. The number of carbonyl (C=O) groups is 1. The summed E-state index contributed by atoms with van der Waals surface area (Å²) in [5.74, 6) is 0.509. The third-order valence-electron chi connectivity index (χ3n) is 2.33. The molecule has 12 heavy (non-hydrogen) atoms. The zero-order chi connectivity index (χ0) is 9.56. The molecule has 0 aromatic carbocycles. The Bertz CT molecular complexity index is 132. The van der Waals surface area contributed by atoms with Crippen LogP contribution in [-0.4, -0.2) is 18.5 Å². The van der Waals surface area contributed by atoms with Crippen LogP contribution < -0.4 is 11.1 Å². The van der Waals surface area contributed by atoms with Crippen molar-refractivity contribution < 1.29 is 4.79 Å². The molecule has 0 aromatic rings. The fourth-order valence-electron chi connectivity index (χ4n) is 1.43. The molecule has 3 N–H and O–H groups in total. The Morgan fingerprint density at radius 1 is 1.42 bits per heavy atom. The maximum absolute atomic E-state index is 10.9. The van der Waals surface area contributed by atoms with Crippen LogP contribution in [0.3, 0.4) is 0 Å². The molecule has 72 valence electrons. The van der Waals surface area contributed by atoms with E-state index in [9.17, 15) is 4.79 Å². The topological polar surface area (TPSA) is 55.1 Å². The second-order valence-electron chi connectivity index (χ2n) is 3.14. The average molecular weight is 172 g/mol. The molecule has 0 saturated carbocycles. The first-order chi connectivity index (χ1) is 5.65. The SMILES string of the molecule is CCC(CC)C(C)NC(=O)CN. The van der Waals surface area contributed by atoms with Gasteiger partial charge in [-0.15, -0.1) is 0 Å². The van der Waals surface area contributed by atoms with Crippen LogP contribution in [0, 0.1) is 5.92 Å². The predicted octanol–water partition coefficient (Wildman–Crippen LogP) is 0.886. The molecule has 1 amide bonds. The summed E-state index contributed by atoms with van der Waals surface area (Å²) in [5, 5.41) is 2.87. The highest BCUT2D eigenvalue weighted by molar-refractivity contribution is 5.78. The van der Waals surface area contributed by atoms with E-state index in [1.165, 1.54) is 0 Å². The van der Waals surface area contributed by atoms with E-state index in [0.29, 0.717) is 5.92 Å². The molecule has 0 saturated heterocycles. The van der Waals surface area contributed by atoms with E-state index in [4.69, 9.17) is 5.73 Å². The summed E-state index contributed by atoms with van der Waals surface area (Å²) in [5.41, 5.74) is 5.19. The Morgan fingerprint density at radius 3 is 2.25 bits per heavy atom. The summed E-state index contributed by atoms with van der Waals surface area (Å²) in [4.78, 5) is 10.9. The lowest BCUT2D eigenvalue weighted by Gasteiger charge is -2.21. The van der Waals surface area contributed by atoms with Crippen LogP contribution in [0.4, 0.5) is 0 Å². The van der Waals surface area contributed by atoms with Gasteiger partial charge in [0.05, 0.1) is 6.54 Å². The molecular weight excluding hydrogens is 152 g/mol. The van der Waals surface area contributed by atoms with Gasteiger partial charge < -0.3 is 11.1 Å². The third-order valence-corrected chi connectivity index (χ3v) is 2.33. The molecule has 0 heterocycles. The average Bonchev–Trinajstić information content (AvgIpc) is 2.06. The lowest BCUT2D eigenvalue weighted by atomic mass is 9.95. The van der Waals surface area contributed by atoms with Crippen LogP contribution in [0.5, 0.6) is 0 Å². The summed E-state index contributed by atoms with van der Waals surface area (Å²) in [6, 6.07) is 0.246. The number of rotatable bonds is 5. The number of hydrogen-bond donors (Lipinski definition) is 2. The molecule has 3 nitrogen and oxygen atoms in total. The smallest absolute Gasteiger partial charge is 0.233 e. The van der Waals surface area contributed by atoms with Crippen molar-refractivity contribution in [2.45, 2.75) is 39.7 Å². The zero-order valence-corrected chi connectivity index (χ0v) is 8.26. The van der Waals surface area contributed by atoms with Crippen LogP contribution in [-0.2, 0) is 4.79 Å². The monoisotopic (exact) mass is 172 g/mol. The molecule has 1 unspecified atom stereocenters. The van der Waals surface area contributed by atoms with Gasteiger partial charge in [-0.1, -0.05) is 26.7 Å². The van der Waals surface area contributed by atoms with E-state index in [-0.39, 0.29) is 18.5 Å². The Morgan fingerprint density at radius 2 is 1.92 bits per heavy atom. The van der Waals surface area contributed by atoms with Crippen LogP contribution in [0.15, 0.2) is 0 Å². The van der Waals surface area contributed by atoms with Crippen molar-refractivity contribution >= 4 is 5.91 Å². The Balaban J connectivity index is 3.83. The van der Waals surface area contributed by atoms with Crippen LogP contribution >= 0.6 is 0 Å². The van der Waals surface area contributed by atoms with E-state index >= 15 is 0 Å². The van der Waals surface area contributed by atoms with Crippen molar-refractivity contribution in [2.75, 3.05) is 6.54 Å². The van der Waals surface area contributed by atoms with Gasteiger partial charge in [0.25, 0.3) is 0 Å². The molecule has 0 radical (unpaired) electrons. The molecule has 0 rings (SSSR count). The van der Waals surface area contributed by atoms with E-state index in [2.05, 4.69) is 19.2 Å². The molecule has 0 aliphatic heterocycles. The zero-order valence-electron chi connectivity index (χ0n) is 8.26. The van der Waals surface area contributed by atoms with Gasteiger partial charge in [-0.2, -0.15) is 0 Å². The van der Waals surface area contributed by atoms with Crippen molar-refractivity contribution in [1.29, 1.82) is 0 Å². The molecule has 1 atom stereocenters. The minimum Gasteiger partial charge on any atom is -0.352 e. The lowest BCUT2D eigenvalue weighted by molar-refractivity contribution is -0.120. The number of carbonyl (C=O) groups excluding carboxylic acids is 1. The van der Waals surface area contributed by atoms with Crippen molar-refractivity contribution in [3.63, 3.8) is 0 Å². The van der Waals surface area contributed by atoms with E-state index in [0.717, 1.165) is 12.8 Å². The number of amides is 1. The van der Waals surface area contributed by atoms with Gasteiger partial charge in [-0.3, -0.25) is 4.79 Å². The van der Waals surface area contributed by atoms with Crippen LogP contribution in [0.25, 0.3) is 0 Å². The molecule has 0 aliphatic rings. The molecule has 3 heteroatoms. The van der Waals surface area contributed by atoms with Crippen molar-refractivity contribution in [3.05, 3.63) is 0 Å². The summed E-state index contributed by atoms with van der Waals surface area (Å²) in [6.07, 6.45) is 2.20. The fourth-order valence-corrected chi connectivity index (χ4v) is 1.43. The Kier molecular flexibility index (Phi) is 5.72. The minimum atomic E-state index is -0.0607. The second-order valence-corrected chi connectivity index (χ2v) is 3.14. The van der Waals surface area contributed by atoms with Crippen molar-refractivity contribution in [3.8, 4) is 0 Å². The Hall–Kier alpha value is -0.570. The molecular formula is C9H20N2O. The maximum atomic E-state index is 10.9. The summed E-state index contributed by atoms with van der Waals surface area (Å²) < 4.78 is 0. The Labute approximate surface area is 74.7 Å². The van der Waals surface area contributed by atoms with Gasteiger partial charge in [0.15, 0.2) is 0 Å². The molecule has 0 bridgehead atoms. The largest absolute Gasteiger partial charge is 0.352 e. The fraction of sp³-hybridized carbons (Fsp3) is 0.889. The molecule has 0 aromatic heterocycles. The predicted molar refractivity (Wildman–Crippen MR) is 50.7 cm³/mol. The number of hydrogen-bond acceptors (Lipinski definition) is 2. The highest BCUT2D eigenvalue weighted by Gasteiger charge is 2.14. The standard InChI is InChI=1S/C9H20N2O/c1-4-8(5-2)7(3)11-9(12)6-10/h7-8H,4-6,10H2,1-3H3,(H,11,12). The number of nitrogens with two attached hydrogens (primary N) is 1. The number of nitrogens with one attached hydrogen (secondary N) is 1. The molecule has 0 fully saturated rings. The van der Waals surface area contributed by atoms with Crippen molar-refractivity contribution in [2.24, 2.45) is 11.7 Å². The summed E-state index contributed by atoms with van der Waals surface area (Å²) >= 11 is 0. The first-order valence-corrected chi connectivity index (χ1v) is 4.65. The second kappa shape index (κ2) is 6.00. The van der Waals surface area contributed by atoms with E-state index in [1.54, 1.807) is 0 Å². The van der Waals surface area contributed by atoms with Gasteiger partial charge >= 0.3 is 0 Å². The van der Waals surface area contributed by atoms with Gasteiger partial charge in [0.2, 0.25) is 5.91 Å². The lowest BCUT2D eigenvalue weighted by Crippen LogP contribution is -2.40. The normalized spacial score (nSPS) is 13.1. The van der Waals surface area contributed by atoms with Gasteiger partial charge in [-0.25, -0.2) is 0 Å². The third kappa shape index (κ3) is 3.72. The molecule has 0 aliphatic carbocycles. The summed E-state index contributed by atoms with van der Waals surface area (Å²) in [7, 11) is 0.